The van der Waals surface area contributed by atoms with Gasteiger partial charge in [0, 0.05) is 10.5 Å². The second-order valence-corrected chi connectivity index (χ2v) is 11.6. The summed E-state index contributed by atoms with van der Waals surface area (Å²) in [6.07, 6.45) is 12.9. The van der Waals surface area contributed by atoms with E-state index >= 15 is 0 Å². The molecule has 0 aliphatic heterocycles. The summed E-state index contributed by atoms with van der Waals surface area (Å²) in [5, 5.41) is 7.88. The molecule has 1 N–H and O–H groups in total. The number of ether oxygens (including phenoxy) is 1. The lowest BCUT2D eigenvalue weighted by Gasteiger charge is -2.22. The van der Waals surface area contributed by atoms with Crippen molar-refractivity contribution in [3.63, 3.8) is 0 Å². The van der Waals surface area contributed by atoms with Gasteiger partial charge in [0.05, 0.1) is 18.5 Å². The molecule has 3 aliphatic rings. The predicted octanol–water partition coefficient (Wildman–Crippen LogP) is 6.54. The number of aromatic nitrogens is 2. The van der Waals surface area contributed by atoms with Crippen LogP contribution >= 0.6 is 15.9 Å². The third-order valence-corrected chi connectivity index (χ3v) is 8.78. The first-order valence-electron chi connectivity index (χ1n) is 12.8. The average Bonchev–Trinajstić information content (AvgIpc) is 3.64. The minimum absolute atomic E-state index is 0.0500. The molecule has 5 nitrogen and oxygen atoms in total. The summed E-state index contributed by atoms with van der Waals surface area (Å²) >= 11 is 3.55. The van der Waals surface area contributed by atoms with Gasteiger partial charge in [0.2, 0.25) is 5.88 Å². The van der Waals surface area contributed by atoms with E-state index < -0.39 is 0 Å². The third kappa shape index (κ3) is 4.87. The maximum absolute atomic E-state index is 13.3. The molecule has 1 amide bonds. The molecule has 0 bridgehead atoms. The second-order valence-electron chi connectivity index (χ2n) is 10.7. The molecular weight excluding hydrogens is 478 g/mol. The molecule has 0 radical (unpaired) electrons. The van der Waals surface area contributed by atoms with E-state index in [2.05, 4.69) is 40.2 Å². The predicted molar refractivity (Wildman–Crippen MR) is 134 cm³/mol. The number of carbonyl (C=O) groups is 1. The first-order valence-corrected chi connectivity index (χ1v) is 13.6. The van der Waals surface area contributed by atoms with Crippen LogP contribution in [-0.2, 0) is 0 Å². The van der Waals surface area contributed by atoms with Crippen LogP contribution in [0.5, 0.6) is 5.88 Å². The zero-order valence-corrected chi connectivity index (χ0v) is 21.4. The molecule has 4 unspecified atom stereocenters. The molecule has 3 saturated carbocycles. The number of carbonyl (C=O) groups excluding carboxylic acids is 1. The molecule has 0 saturated heterocycles. The number of benzene rings is 1. The van der Waals surface area contributed by atoms with E-state index in [1.54, 1.807) is 10.9 Å². The fraction of sp³-hybridized carbons (Fsp3) is 0.630. The summed E-state index contributed by atoms with van der Waals surface area (Å²) in [6, 6.07) is 8.26. The fourth-order valence-electron chi connectivity index (χ4n) is 5.77. The van der Waals surface area contributed by atoms with Crippen molar-refractivity contribution in [3.8, 4) is 11.6 Å². The van der Waals surface area contributed by atoms with Crippen LogP contribution in [0.4, 0.5) is 0 Å². The van der Waals surface area contributed by atoms with Gasteiger partial charge in [0.25, 0.3) is 5.91 Å². The molecule has 2 aromatic rings. The van der Waals surface area contributed by atoms with Crippen molar-refractivity contribution in [2.75, 3.05) is 6.61 Å². The summed E-state index contributed by atoms with van der Waals surface area (Å²) in [7, 11) is 0. The Morgan fingerprint density at radius 1 is 1.30 bits per heavy atom. The normalized spacial score (nSPS) is 27.4. The van der Waals surface area contributed by atoms with E-state index in [-0.39, 0.29) is 5.91 Å². The van der Waals surface area contributed by atoms with E-state index in [0.717, 1.165) is 28.4 Å². The van der Waals surface area contributed by atoms with E-state index in [9.17, 15) is 4.79 Å². The standard InChI is InChI=1S/C27H36BrN3O2/c1-3-18(2)12-20-14-27(20)15-24(27)30-25(32)23-16-29-31(22-11-7-10-21(28)13-22)26(23)33-17-19-8-5-4-6-9-19/h7,10-11,13,16,18-20,24H,3-6,8-9,12,14-15,17H2,1-2H3,(H,30,32). The van der Waals surface area contributed by atoms with Crippen molar-refractivity contribution in [1.29, 1.82) is 0 Å². The number of amides is 1. The van der Waals surface area contributed by atoms with Crippen LogP contribution in [-0.4, -0.2) is 28.3 Å². The summed E-state index contributed by atoms with van der Waals surface area (Å²) in [5.74, 6) is 2.63. The minimum atomic E-state index is -0.0500. The molecule has 1 aromatic heterocycles. The maximum Gasteiger partial charge on any atom is 0.258 e. The monoisotopic (exact) mass is 513 g/mol. The van der Waals surface area contributed by atoms with Gasteiger partial charge in [0.1, 0.15) is 5.56 Å². The fourth-order valence-corrected chi connectivity index (χ4v) is 6.16. The highest BCUT2D eigenvalue weighted by molar-refractivity contribution is 9.10. The van der Waals surface area contributed by atoms with E-state index in [1.807, 2.05) is 24.3 Å². The van der Waals surface area contributed by atoms with Crippen molar-refractivity contribution in [1.82, 2.24) is 15.1 Å². The lowest BCUT2D eigenvalue weighted by Crippen LogP contribution is -2.28. The number of hydrogen-bond donors (Lipinski definition) is 1. The number of hydrogen-bond acceptors (Lipinski definition) is 3. The van der Waals surface area contributed by atoms with Gasteiger partial charge in [-0.25, -0.2) is 4.68 Å². The van der Waals surface area contributed by atoms with Crippen LogP contribution in [0.3, 0.4) is 0 Å². The third-order valence-electron chi connectivity index (χ3n) is 8.29. The van der Waals surface area contributed by atoms with E-state index in [1.165, 1.54) is 51.4 Å². The van der Waals surface area contributed by atoms with Crippen molar-refractivity contribution in [2.45, 2.75) is 77.7 Å². The molecule has 1 aromatic carbocycles. The second kappa shape index (κ2) is 9.44. The van der Waals surface area contributed by atoms with Crippen LogP contribution < -0.4 is 10.1 Å². The van der Waals surface area contributed by atoms with Crippen LogP contribution in [0.15, 0.2) is 34.9 Å². The number of nitrogens with one attached hydrogen (secondary N) is 1. The van der Waals surface area contributed by atoms with Crippen molar-refractivity contribution < 1.29 is 9.53 Å². The van der Waals surface area contributed by atoms with Crippen molar-refractivity contribution in [2.24, 2.45) is 23.2 Å². The summed E-state index contributed by atoms with van der Waals surface area (Å²) in [6.45, 7) is 5.25. The molecule has 33 heavy (non-hydrogen) atoms. The maximum atomic E-state index is 13.3. The SMILES string of the molecule is CCC(C)CC1CC12CC2NC(=O)c1cnn(-c2cccc(Br)c2)c1OCC1CCCCC1. The zero-order valence-electron chi connectivity index (χ0n) is 19.9. The molecule has 178 valence electrons. The van der Waals surface area contributed by atoms with E-state index in [0.29, 0.717) is 35.4 Å². The van der Waals surface area contributed by atoms with Gasteiger partial charge in [-0.15, -0.1) is 0 Å². The van der Waals surface area contributed by atoms with Crippen molar-refractivity contribution >= 4 is 21.8 Å². The smallest absolute Gasteiger partial charge is 0.258 e. The van der Waals surface area contributed by atoms with Gasteiger partial charge in [-0.1, -0.05) is 61.5 Å². The Morgan fingerprint density at radius 3 is 2.88 bits per heavy atom. The summed E-state index contributed by atoms with van der Waals surface area (Å²) in [5.41, 5.74) is 1.82. The Bertz CT molecular complexity index is 999. The molecule has 3 aliphatic carbocycles. The molecule has 5 rings (SSSR count). The largest absolute Gasteiger partial charge is 0.477 e. The number of halogens is 1. The highest BCUT2D eigenvalue weighted by Gasteiger charge is 2.70. The Kier molecular flexibility index (Phi) is 6.56. The van der Waals surface area contributed by atoms with E-state index in [4.69, 9.17) is 4.74 Å². The first-order chi connectivity index (χ1) is 16.0. The summed E-state index contributed by atoms with van der Waals surface area (Å²) < 4.78 is 9.09. The highest BCUT2D eigenvalue weighted by Crippen LogP contribution is 2.72. The Balaban J connectivity index is 1.31. The van der Waals surface area contributed by atoms with Crippen LogP contribution in [0.1, 0.15) is 82.0 Å². The van der Waals surface area contributed by atoms with Gasteiger partial charge in [-0.2, -0.15) is 5.10 Å². The molecular formula is C27H36BrN3O2. The van der Waals surface area contributed by atoms with Gasteiger partial charge >= 0.3 is 0 Å². The quantitative estimate of drug-likeness (QED) is 0.414. The lowest BCUT2D eigenvalue weighted by atomic mass is 9.90. The number of nitrogens with zero attached hydrogens (tertiary/aromatic N) is 2. The van der Waals surface area contributed by atoms with Gasteiger partial charge in [0.15, 0.2) is 0 Å². The van der Waals surface area contributed by atoms with Crippen LogP contribution in [0.25, 0.3) is 5.69 Å². The Morgan fingerprint density at radius 2 is 2.12 bits per heavy atom. The topological polar surface area (TPSA) is 56.2 Å². The lowest BCUT2D eigenvalue weighted by molar-refractivity contribution is 0.0941. The van der Waals surface area contributed by atoms with Crippen LogP contribution in [0.2, 0.25) is 0 Å². The van der Waals surface area contributed by atoms with Crippen LogP contribution in [0, 0.1) is 23.2 Å². The molecule has 1 spiro atoms. The molecule has 3 fully saturated rings. The average molecular weight is 515 g/mol. The number of rotatable bonds is 9. The Hall–Kier alpha value is -1.82. The summed E-state index contributed by atoms with van der Waals surface area (Å²) in [4.78, 5) is 13.3. The molecule has 6 heteroatoms. The van der Waals surface area contributed by atoms with Gasteiger partial charge < -0.3 is 10.1 Å². The molecule has 1 heterocycles. The van der Waals surface area contributed by atoms with Gasteiger partial charge in [-0.05, 0) is 73.5 Å². The van der Waals surface area contributed by atoms with Crippen molar-refractivity contribution in [3.05, 3.63) is 40.5 Å². The highest BCUT2D eigenvalue weighted by atomic mass is 79.9. The van der Waals surface area contributed by atoms with Gasteiger partial charge in [-0.3, -0.25) is 4.79 Å². The molecule has 4 atom stereocenters. The zero-order chi connectivity index (χ0) is 23.0. The first kappa shape index (κ1) is 22.9. The Labute approximate surface area is 205 Å². The minimum Gasteiger partial charge on any atom is -0.477 e.